The molecule has 20 heavy (non-hydrogen) atoms. The lowest BCUT2D eigenvalue weighted by atomic mass is 10.2. The highest BCUT2D eigenvalue weighted by atomic mass is 35.5. The molecule has 0 unspecified atom stereocenters. The van der Waals surface area contributed by atoms with Crippen LogP contribution in [0.5, 0.6) is 0 Å². The normalized spacial score (nSPS) is 9.90. The minimum Gasteiger partial charge on any atom is -0.321 e. The van der Waals surface area contributed by atoms with Crippen molar-refractivity contribution in [2.45, 2.75) is 6.92 Å². The number of carbonyl (C=O) groups excluding carboxylic acids is 2. The monoisotopic (exact) mass is 289 g/mol. The summed E-state index contributed by atoms with van der Waals surface area (Å²) >= 11 is 5.97. The fourth-order valence-corrected chi connectivity index (χ4v) is 1.76. The maximum absolute atomic E-state index is 12.1. The molecule has 0 bridgehead atoms. The Morgan fingerprint density at radius 3 is 2.60 bits per heavy atom. The van der Waals surface area contributed by atoms with Crippen LogP contribution in [-0.2, 0) is 4.79 Å². The summed E-state index contributed by atoms with van der Waals surface area (Å²) in [5.74, 6) is -0.252. The number of hydrogen-bond acceptors (Lipinski definition) is 3. The minimum absolute atomic E-state index is 0.249. The highest BCUT2D eigenvalue weighted by Crippen LogP contribution is 2.21. The zero-order valence-electron chi connectivity index (χ0n) is 10.7. The molecule has 0 atom stereocenters. The van der Waals surface area contributed by atoms with E-state index in [4.69, 9.17) is 11.6 Å². The van der Waals surface area contributed by atoms with E-state index in [2.05, 4.69) is 15.6 Å². The van der Waals surface area contributed by atoms with E-state index >= 15 is 0 Å². The molecule has 2 rings (SSSR count). The average Bonchev–Trinajstić information content (AvgIpc) is 2.41. The number of aromatic nitrogens is 1. The van der Waals surface area contributed by atoms with Gasteiger partial charge in [-0.25, -0.2) is 4.98 Å². The number of rotatable bonds is 3. The third kappa shape index (κ3) is 3.55. The molecule has 6 heteroatoms. The molecule has 2 amide bonds. The Balaban J connectivity index is 2.17. The number of anilines is 2. The van der Waals surface area contributed by atoms with Crippen LogP contribution >= 0.6 is 11.6 Å². The number of amides is 2. The predicted molar refractivity (Wildman–Crippen MR) is 77.9 cm³/mol. The van der Waals surface area contributed by atoms with Gasteiger partial charge in [-0.05, 0) is 24.3 Å². The summed E-state index contributed by atoms with van der Waals surface area (Å²) in [6, 6.07) is 9.99. The summed E-state index contributed by atoms with van der Waals surface area (Å²) < 4.78 is 0. The smallest absolute Gasteiger partial charge is 0.255 e. The van der Waals surface area contributed by atoms with Crippen molar-refractivity contribution in [1.82, 2.24) is 4.98 Å². The van der Waals surface area contributed by atoms with Crippen molar-refractivity contribution >= 4 is 34.9 Å². The van der Waals surface area contributed by atoms with Gasteiger partial charge in [0, 0.05) is 18.7 Å². The van der Waals surface area contributed by atoms with Crippen LogP contribution < -0.4 is 10.6 Å². The molecule has 0 saturated carbocycles. The second-order valence-electron chi connectivity index (χ2n) is 4.04. The fourth-order valence-electron chi connectivity index (χ4n) is 1.58. The van der Waals surface area contributed by atoms with Gasteiger partial charge in [0.15, 0.2) is 0 Å². The molecule has 2 aromatic rings. The van der Waals surface area contributed by atoms with Crippen molar-refractivity contribution in [3.05, 3.63) is 53.2 Å². The Kier molecular flexibility index (Phi) is 4.32. The first-order chi connectivity index (χ1) is 9.56. The number of para-hydroxylation sites is 1. The number of benzene rings is 1. The lowest BCUT2D eigenvalue weighted by Crippen LogP contribution is -2.14. The zero-order valence-corrected chi connectivity index (χ0v) is 11.4. The molecule has 0 aliphatic rings. The molecule has 0 fully saturated rings. The Morgan fingerprint density at radius 1 is 1.15 bits per heavy atom. The first-order valence-electron chi connectivity index (χ1n) is 5.86. The standard InChI is InChI=1S/C14H12ClN3O2/c1-9(19)17-13-8-10(6-7-16-13)14(20)18-12-5-3-2-4-11(12)15/h2-8H,1H3,(H,18,20)(H,16,17,19). The second-order valence-corrected chi connectivity index (χ2v) is 4.45. The van der Waals surface area contributed by atoms with E-state index in [0.29, 0.717) is 22.1 Å². The van der Waals surface area contributed by atoms with E-state index in [-0.39, 0.29) is 11.8 Å². The molecule has 0 saturated heterocycles. The Hall–Kier alpha value is -2.40. The van der Waals surface area contributed by atoms with Crippen LogP contribution in [-0.4, -0.2) is 16.8 Å². The van der Waals surface area contributed by atoms with Gasteiger partial charge in [-0.3, -0.25) is 9.59 Å². The van der Waals surface area contributed by atoms with Crippen molar-refractivity contribution in [3.63, 3.8) is 0 Å². The quantitative estimate of drug-likeness (QED) is 0.912. The maximum Gasteiger partial charge on any atom is 0.255 e. The van der Waals surface area contributed by atoms with Gasteiger partial charge in [0.2, 0.25) is 5.91 Å². The highest BCUT2D eigenvalue weighted by Gasteiger charge is 2.09. The molecular weight excluding hydrogens is 278 g/mol. The van der Waals surface area contributed by atoms with Gasteiger partial charge in [0.25, 0.3) is 5.91 Å². The van der Waals surface area contributed by atoms with Crippen LogP contribution in [0.4, 0.5) is 11.5 Å². The summed E-state index contributed by atoms with van der Waals surface area (Å²) in [5.41, 5.74) is 0.903. The van der Waals surface area contributed by atoms with Gasteiger partial charge in [-0.2, -0.15) is 0 Å². The molecule has 5 nitrogen and oxygen atoms in total. The molecule has 1 aromatic heterocycles. The molecule has 0 aliphatic carbocycles. The van der Waals surface area contributed by atoms with Crippen LogP contribution in [0, 0.1) is 0 Å². The van der Waals surface area contributed by atoms with Crippen LogP contribution in [0.1, 0.15) is 17.3 Å². The van der Waals surface area contributed by atoms with Crippen LogP contribution in [0.3, 0.4) is 0 Å². The zero-order chi connectivity index (χ0) is 14.5. The summed E-state index contributed by atoms with van der Waals surface area (Å²) in [4.78, 5) is 27.0. The molecule has 0 radical (unpaired) electrons. The van der Waals surface area contributed by atoms with Crippen molar-refractivity contribution in [2.75, 3.05) is 10.6 Å². The number of nitrogens with zero attached hydrogens (tertiary/aromatic N) is 1. The minimum atomic E-state index is -0.327. The van der Waals surface area contributed by atoms with Crippen molar-refractivity contribution in [3.8, 4) is 0 Å². The number of carbonyl (C=O) groups is 2. The Morgan fingerprint density at radius 2 is 1.90 bits per heavy atom. The first kappa shape index (κ1) is 14.0. The number of pyridine rings is 1. The SMILES string of the molecule is CC(=O)Nc1cc(C(=O)Nc2ccccc2Cl)ccn1. The van der Waals surface area contributed by atoms with Crippen molar-refractivity contribution < 1.29 is 9.59 Å². The molecule has 0 spiro atoms. The second kappa shape index (κ2) is 6.16. The summed E-state index contributed by atoms with van der Waals surface area (Å²) in [5, 5.41) is 5.67. The topological polar surface area (TPSA) is 71.1 Å². The van der Waals surface area contributed by atoms with E-state index in [0.717, 1.165) is 0 Å². The van der Waals surface area contributed by atoms with Gasteiger partial charge in [-0.1, -0.05) is 23.7 Å². The summed E-state index contributed by atoms with van der Waals surface area (Å²) in [6.45, 7) is 1.37. The van der Waals surface area contributed by atoms with E-state index in [1.807, 2.05) is 0 Å². The Bertz CT molecular complexity index is 658. The average molecular weight is 290 g/mol. The molecule has 0 aliphatic heterocycles. The van der Waals surface area contributed by atoms with Gasteiger partial charge in [-0.15, -0.1) is 0 Å². The Labute approximate surface area is 121 Å². The van der Waals surface area contributed by atoms with Crippen LogP contribution in [0.15, 0.2) is 42.6 Å². The maximum atomic E-state index is 12.1. The molecular formula is C14H12ClN3O2. The number of halogens is 1. The summed E-state index contributed by atoms with van der Waals surface area (Å²) in [6.07, 6.45) is 1.45. The van der Waals surface area contributed by atoms with E-state index < -0.39 is 0 Å². The van der Waals surface area contributed by atoms with Crippen molar-refractivity contribution in [1.29, 1.82) is 0 Å². The van der Waals surface area contributed by atoms with Crippen LogP contribution in [0.2, 0.25) is 5.02 Å². The van der Waals surface area contributed by atoms with Crippen LogP contribution in [0.25, 0.3) is 0 Å². The third-order valence-corrected chi connectivity index (χ3v) is 2.78. The van der Waals surface area contributed by atoms with E-state index in [1.165, 1.54) is 19.2 Å². The van der Waals surface area contributed by atoms with Gasteiger partial charge in [0.1, 0.15) is 5.82 Å². The largest absolute Gasteiger partial charge is 0.321 e. The lowest BCUT2D eigenvalue weighted by Gasteiger charge is -2.08. The van der Waals surface area contributed by atoms with Gasteiger partial charge in [0.05, 0.1) is 10.7 Å². The fraction of sp³-hybridized carbons (Fsp3) is 0.0714. The van der Waals surface area contributed by atoms with E-state index in [9.17, 15) is 9.59 Å². The first-order valence-corrected chi connectivity index (χ1v) is 6.23. The van der Waals surface area contributed by atoms with Crippen molar-refractivity contribution in [2.24, 2.45) is 0 Å². The van der Waals surface area contributed by atoms with Gasteiger partial charge >= 0.3 is 0 Å². The lowest BCUT2D eigenvalue weighted by molar-refractivity contribution is -0.114. The third-order valence-electron chi connectivity index (χ3n) is 2.45. The number of hydrogen-bond donors (Lipinski definition) is 2. The molecule has 102 valence electrons. The predicted octanol–water partition coefficient (Wildman–Crippen LogP) is 2.95. The number of nitrogens with one attached hydrogen (secondary N) is 2. The molecule has 1 heterocycles. The van der Waals surface area contributed by atoms with E-state index in [1.54, 1.807) is 30.3 Å². The molecule has 1 aromatic carbocycles. The summed E-state index contributed by atoms with van der Waals surface area (Å²) in [7, 11) is 0. The highest BCUT2D eigenvalue weighted by molar-refractivity contribution is 6.33. The molecule has 2 N–H and O–H groups in total. The van der Waals surface area contributed by atoms with Gasteiger partial charge < -0.3 is 10.6 Å².